The Hall–Kier alpha value is -0.740. The van der Waals surface area contributed by atoms with Crippen LogP contribution in [0.5, 0.6) is 0 Å². The van der Waals surface area contributed by atoms with E-state index < -0.39 is 0 Å². The second-order valence-corrected chi connectivity index (χ2v) is 4.18. The lowest BCUT2D eigenvalue weighted by Gasteiger charge is -2.27. The molecule has 1 aromatic rings. The molecule has 1 aliphatic heterocycles. The molecule has 0 amide bonds. The van der Waals surface area contributed by atoms with Crippen LogP contribution in [0.2, 0.25) is 0 Å². The lowest BCUT2D eigenvalue weighted by atomic mass is 10.4. The van der Waals surface area contributed by atoms with Gasteiger partial charge < -0.3 is 5.43 Å². The van der Waals surface area contributed by atoms with Crippen LogP contribution in [0.4, 0.5) is 5.69 Å². The molecule has 0 aliphatic carbocycles. The minimum Gasteiger partial charge on any atom is -0.317 e. The van der Waals surface area contributed by atoms with E-state index in [0.717, 1.165) is 18.8 Å². The summed E-state index contributed by atoms with van der Waals surface area (Å²) in [7, 11) is 0. The first-order valence-corrected chi connectivity index (χ1v) is 5.60. The Morgan fingerprint density at radius 2 is 2.23 bits per heavy atom. The van der Waals surface area contributed by atoms with Crippen LogP contribution >= 0.6 is 11.8 Å². The van der Waals surface area contributed by atoms with Gasteiger partial charge in [0.1, 0.15) is 0 Å². The largest absolute Gasteiger partial charge is 0.317 e. The number of hydrogen-bond acceptors (Lipinski definition) is 4. The van der Waals surface area contributed by atoms with E-state index in [1.807, 2.05) is 30.1 Å². The van der Waals surface area contributed by atoms with Gasteiger partial charge in [-0.15, -0.1) is 0 Å². The van der Waals surface area contributed by atoms with Crippen LogP contribution in [0.1, 0.15) is 0 Å². The summed E-state index contributed by atoms with van der Waals surface area (Å²) >= 11 is 2.01. The molecular formula is C9H13N3S. The highest BCUT2D eigenvalue weighted by molar-refractivity contribution is 7.99. The minimum atomic E-state index is 1.08. The Bertz CT molecular complexity index is 246. The maximum absolute atomic E-state index is 4.06. The number of anilines is 1. The van der Waals surface area contributed by atoms with Crippen LogP contribution in [-0.4, -0.2) is 34.6 Å². The second-order valence-electron chi connectivity index (χ2n) is 2.95. The molecule has 0 bridgehead atoms. The molecule has 2 rings (SSSR count). The molecule has 0 spiro atoms. The normalized spacial score (nSPS) is 18.5. The first-order valence-electron chi connectivity index (χ1n) is 4.44. The van der Waals surface area contributed by atoms with Crippen LogP contribution in [0.15, 0.2) is 24.5 Å². The van der Waals surface area contributed by atoms with Gasteiger partial charge in [0.15, 0.2) is 0 Å². The second kappa shape index (κ2) is 4.48. The van der Waals surface area contributed by atoms with Gasteiger partial charge in [-0.3, -0.25) is 4.98 Å². The summed E-state index contributed by atoms with van der Waals surface area (Å²) in [6.07, 6.45) is 3.64. The van der Waals surface area contributed by atoms with Crippen molar-refractivity contribution in [2.75, 3.05) is 30.0 Å². The van der Waals surface area contributed by atoms with Gasteiger partial charge in [-0.05, 0) is 12.1 Å². The van der Waals surface area contributed by atoms with E-state index in [0.29, 0.717) is 0 Å². The van der Waals surface area contributed by atoms with Gasteiger partial charge in [-0.1, -0.05) is 0 Å². The molecule has 0 radical (unpaired) electrons. The highest BCUT2D eigenvalue weighted by Crippen LogP contribution is 2.11. The molecule has 4 heteroatoms. The molecular weight excluding hydrogens is 182 g/mol. The first-order chi connectivity index (χ1) is 6.45. The number of nitrogens with zero attached hydrogens (tertiary/aromatic N) is 2. The van der Waals surface area contributed by atoms with Crippen molar-refractivity contribution in [3.63, 3.8) is 0 Å². The molecule has 0 aromatic carbocycles. The Morgan fingerprint density at radius 1 is 1.38 bits per heavy atom. The van der Waals surface area contributed by atoms with Crippen LogP contribution in [0, 0.1) is 0 Å². The number of thioether (sulfide) groups is 1. The van der Waals surface area contributed by atoms with Crippen LogP contribution in [-0.2, 0) is 0 Å². The van der Waals surface area contributed by atoms with E-state index in [-0.39, 0.29) is 0 Å². The number of pyridine rings is 1. The highest BCUT2D eigenvalue weighted by atomic mass is 32.2. The van der Waals surface area contributed by atoms with Crippen LogP contribution < -0.4 is 5.43 Å². The van der Waals surface area contributed by atoms with Gasteiger partial charge in [0, 0.05) is 30.8 Å². The molecule has 1 N–H and O–H groups in total. The smallest absolute Gasteiger partial charge is 0.0673 e. The van der Waals surface area contributed by atoms with Gasteiger partial charge in [0.2, 0.25) is 0 Å². The van der Waals surface area contributed by atoms with Crippen molar-refractivity contribution in [2.45, 2.75) is 0 Å². The summed E-state index contributed by atoms with van der Waals surface area (Å²) in [5, 5.41) is 2.24. The summed E-state index contributed by atoms with van der Waals surface area (Å²) in [5.74, 6) is 2.43. The maximum atomic E-state index is 4.06. The Balaban J connectivity index is 1.90. The zero-order valence-corrected chi connectivity index (χ0v) is 8.26. The summed E-state index contributed by atoms with van der Waals surface area (Å²) in [4.78, 5) is 4.06. The van der Waals surface area contributed by atoms with Crippen molar-refractivity contribution in [3.8, 4) is 0 Å². The molecule has 1 saturated heterocycles. The monoisotopic (exact) mass is 195 g/mol. The molecule has 3 nitrogen and oxygen atoms in total. The van der Waals surface area contributed by atoms with E-state index in [4.69, 9.17) is 0 Å². The standard InChI is InChI=1S/C9H13N3S/c1-2-9(8-10-3-1)11-12-4-6-13-7-5-12/h1-3,8,11H,4-7H2. The zero-order chi connectivity index (χ0) is 8.93. The van der Waals surface area contributed by atoms with Crippen molar-refractivity contribution in [2.24, 2.45) is 0 Å². The van der Waals surface area contributed by atoms with Gasteiger partial charge in [0.05, 0.1) is 11.9 Å². The number of hydrazine groups is 1. The molecule has 1 fully saturated rings. The van der Waals surface area contributed by atoms with E-state index in [1.165, 1.54) is 11.5 Å². The number of hydrogen-bond donors (Lipinski definition) is 1. The van der Waals surface area contributed by atoms with Crippen molar-refractivity contribution >= 4 is 17.4 Å². The molecule has 1 aliphatic rings. The van der Waals surface area contributed by atoms with Crippen molar-refractivity contribution in [3.05, 3.63) is 24.5 Å². The van der Waals surface area contributed by atoms with Crippen molar-refractivity contribution in [1.82, 2.24) is 9.99 Å². The molecule has 0 saturated carbocycles. The fraction of sp³-hybridized carbons (Fsp3) is 0.444. The van der Waals surface area contributed by atoms with Gasteiger partial charge in [0.25, 0.3) is 0 Å². The molecule has 0 unspecified atom stereocenters. The molecule has 0 atom stereocenters. The fourth-order valence-corrected chi connectivity index (χ4v) is 2.19. The van der Waals surface area contributed by atoms with E-state index >= 15 is 0 Å². The Labute approximate surface area is 82.5 Å². The average molecular weight is 195 g/mol. The molecule has 13 heavy (non-hydrogen) atoms. The van der Waals surface area contributed by atoms with Gasteiger partial charge in [-0.25, -0.2) is 5.01 Å². The Kier molecular flexibility index (Phi) is 3.05. The predicted molar refractivity (Wildman–Crippen MR) is 56.8 cm³/mol. The minimum absolute atomic E-state index is 1.08. The summed E-state index contributed by atoms with van der Waals surface area (Å²) in [5.41, 5.74) is 4.42. The van der Waals surface area contributed by atoms with Crippen molar-refractivity contribution < 1.29 is 0 Å². The summed E-state index contributed by atoms with van der Waals surface area (Å²) < 4.78 is 0. The highest BCUT2D eigenvalue weighted by Gasteiger charge is 2.09. The summed E-state index contributed by atoms with van der Waals surface area (Å²) in [6.45, 7) is 2.22. The van der Waals surface area contributed by atoms with E-state index in [9.17, 15) is 0 Å². The van der Waals surface area contributed by atoms with Gasteiger partial charge in [-0.2, -0.15) is 11.8 Å². The van der Waals surface area contributed by atoms with Crippen LogP contribution in [0.25, 0.3) is 0 Å². The average Bonchev–Trinajstić information content (AvgIpc) is 2.21. The quantitative estimate of drug-likeness (QED) is 0.773. The molecule has 2 heterocycles. The topological polar surface area (TPSA) is 28.2 Å². The lowest BCUT2D eigenvalue weighted by molar-refractivity contribution is 0.365. The maximum Gasteiger partial charge on any atom is 0.0673 e. The number of nitrogens with one attached hydrogen (secondary N) is 1. The SMILES string of the molecule is c1cncc(NN2CCSCC2)c1. The third-order valence-corrected chi connectivity index (χ3v) is 2.90. The third kappa shape index (κ3) is 2.60. The van der Waals surface area contributed by atoms with Crippen LogP contribution in [0.3, 0.4) is 0 Å². The third-order valence-electron chi connectivity index (χ3n) is 1.96. The van der Waals surface area contributed by atoms with Crippen molar-refractivity contribution in [1.29, 1.82) is 0 Å². The van der Waals surface area contributed by atoms with Gasteiger partial charge >= 0.3 is 0 Å². The fourth-order valence-electron chi connectivity index (χ4n) is 1.29. The molecule has 70 valence electrons. The summed E-state index contributed by atoms with van der Waals surface area (Å²) in [6, 6.07) is 3.98. The van der Waals surface area contributed by atoms with E-state index in [1.54, 1.807) is 6.20 Å². The number of rotatable bonds is 2. The predicted octanol–water partition coefficient (Wildman–Crippen LogP) is 1.46. The molecule has 1 aromatic heterocycles. The number of aromatic nitrogens is 1. The lowest BCUT2D eigenvalue weighted by Crippen LogP contribution is -2.37. The van der Waals surface area contributed by atoms with E-state index in [2.05, 4.69) is 15.4 Å². The zero-order valence-electron chi connectivity index (χ0n) is 7.44. The first kappa shape index (κ1) is 8.84. The Morgan fingerprint density at radius 3 is 2.92 bits per heavy atom.